The summed E-state index contributed by atoms with van der Waals surface area (Å²) in [4.78, 5) is 0. The fraction of sp³-hybridized carbons (Fsp3) is 0.200. The van der Waals surface area contributed by atoms with Gasteiger partial charge in [0, 0.05) is 11.4 Å². The largest absolute Gasteiger partial charge is 0.262 e. The third-order valence-electron chi connectivity index (χ3n) is 3.52. The van der Waals surface area contributed by atoms with E-state index < -0.39 is 10.0 Å². The van der Waals surface area contributed by atoms with Crippen LogP contribution in [0.2, 0.25) is 5.02 Å². The van der Waals surface area contributed by atoms with Crippen LogP contribution in [-0.4, -0.2) is 14.7 Å². The molecule has 1 atom stereocenters. The summed E-state index contributed by atoms with van der Waals surface area (Å²) in [6.07, 6.45) is 1.91. The van der Waals surface area contributed by atoms with Crippen LogP contribution in [0.3, 0.4) is 0 Å². The van der Waals surface area contributed by atoms with Crippen molar-refractivity contribution in [3.05, 3.63) is 64.7 Å². The highest BCUT2D eigenvalue weighted by molar-refractivity contribution is 7.92. The Kier molecular flexibility index (Phi) is 3.22. The van der Waals surface area contributed by atoms with E-state index in [4.69, 9.17) is 11.6 Å². The number of halogens is 1. The van der Waals surface area contributed by atoms with Crippen LogP contribution in [0.5, 0.6) is 0 Å². The molecule has 1 aliphatic heterocycles. The van der Waals surface area contributed by atoms with E-state index >= 15 is 0 Å². The normalized spacial score (nSPS) is 18.1. The number of hydrogen-bond donors (Lipinski definition) is 0. The fourth-order valence-electron chi connectivity index (χ4n) is 2.73. The summed E-state index contributed by atoms with van der Waals surface area (Å²) in [5.74, 6) is 0. The van der Waals surface area contributed by atoms with Gasteiger partial charge in [0.15, 0.2) is 0 Å². The maximum absolute atomic E-state index is 12.2. The van der Waals surface area contributed by atoms with Gasteiger partial charge in [-0.2, -0.15) is 0 Å². The molecule has 0 spiro atoms. The maximum Gasteiger partial charge on any atom is 0.232 e. The topological polar surface area (TPSA) is 37.4 Å². The molecule has 0 bridgehead atoms. The molecule has 2 aromatic carbocycles. The second-order valence-electron chi connectivity index (χ2n) is 4.96. The van der Waals surface area contributed by atoms with Gasteiger partial charge in [-0.25, -0.2) is 8.42 Å². The zero-order chi connectivity index (χ0) is 14.3. The van der Waals surface area contributed by atoms with Crippen LogP contribution < -0.4 is 4.31 Å². The SMILES string of the molecule is CS(=O)(=O)N1c2ccccc2CC1c1cccc(Cl)c1. The fourth-order valence-corrected chi connectivity index (χ4v) is 4.13. The van der Waals surface area contributed by atoms with Gasteiger partial charge < -0.3 is 0 Å². The number of nitrogens with zero attached hydrogens (tertiary/aromatic N) is 1. The molecule has 0 radical (unpaired) electrons. The molecule has 1 unspecified atom stereocenters. The average Bonchev–Trinajstić information content (AvgIpc) is 2.77. The minimum Gasteiger partial charge on any atom is -0.262 e. The lowest BCUT2D eigenvalue weighted by Crippen LogP contribution is -2.31. The molecule has 0 amide bonds. The van der Waals surface area contributed by atoms with Gasteiger partial charge in [0.05, 0.1) is 18.0 Å². The predicted octanol–water partition coefficient (Wildman–Crippen LogP) is 3.40. The van der Waals surface area contributed by atoms with Crippen molar-refractivity contribution >= 4 is 27.3 Å². The van der Waals surface area contributed by atoms with Gasteiger partial charge in [-0.15, -0.1) is 0 Å². The molecule has 0 N–H and O–H groups in total. The molecule has 3 rings (SSSR count). The highest BCUT2D eigenvalue weighted by atomic mass is 35.5. The van der Waals surface area contributed by atoms with Gasteiger partial charge in [0.2, 0.25) is 10.0 Å². The monoisotopic (exact) mass is 307 g/mol. The Morgan fingerprint density at radius 1 is 1.15 bits per heavy atom. The van der Waals surface area contributed by atoms with E-state index in [0.717, 1.165) is 16.8 Å². The molecule has 0 saturated carbocycles. The number of benzene rings is 2. The van der Waals surface area contributed by atoms with E-state index in [9.17, 15) is 8.42 Å². The lowest BCUT2D eigenvalue weighted by Gasteiger charge is -2.25. The predicted molar refractivity (Wildman–Crippen MR) is 81.7 cm³/mol. The summed E-state index contributed by atoms with van der Waals surface area (Å²) >= 11 is 6.03. The summed E-state index contributed by atoms with van der Waals surface area (Å²) in [6, 6.07) is 14.8. The van der Waals surface area contributed by atoms with Gasteiger partial charge in [0.1, 0.15) is 0 Å². The first-order chi connectivity index (χ1) is 9.47. The number of hydrogen-bond acceptors (Lipinski definition) is 2. The van der Waals surface area contributed by atoms with Crippen molar-refractivity contribution in [2.75, 3.05) is 10.6 Å². The van der Waals surface area contributed by atoms with Crippen LogP contribution in [0.15, 0.2) is 48.5 Å². The molecule has 1 aliphatic rings. The molecule has 3 nitrogen and oxygen atoms in total. The van der Waals surface area contributed by atoms with Crippen molar-refractivity contribution in [2.24, 2.45) is 0 Å². The van der Waals surface area contributed by atoms with E-state index in [-0.39, 0.29) is 6.04 Å². The van der Waals surface area contributed by atoms with Crippen LogP contribution >= 0.6 is 11.6 Å². The number of fused-ring (bicyclic) bond motifs is 1. The van der Waals surface area contributed by atoms with E-state index in [1.807, 2.05) is 42.5 Å². The van der Waals surface area contributed by atoms with Crippen LogP contribution in [0, 0.1) is 0 Å². The molecular weight excluding hydrogens is 294 g/mol. The molecule has 0 aromatic heterocycles. The quantitative estimate of drug-likeness (QED) is 0.852. The van der Waals surface area contributed by atoms with Gasteiger partial charge in [-0.05, 0) is 29.3 Å². The molecule has 5 heteroatoms. The van der Waals surface area contributed by atoms with Crippen molar-refractivity contribution in [3.63, 3.8) is 0 Å². The Morgan fingerprint density at radius 2 is 1.90 bits per heavy atom. The van der Waals surface area contributed by atoms with Gasteiger partial charge in [0.25, 0.3) is 0 Å². The third kappa shape index (κ3) is 2.30. The Hall–Kier alpha value is -1.52. The number of para-hydroxylation sites is 1. The highest BCUT2D eigenvalue weighted by Gasteiger charge is 2.35. The summed E-state index contributed by atoms with van der Waals surface area (Å²) in [5.41, 5.74) is 2.72. The van der Waals surface area contributed by atoms with Crippen molar-refractivity contribution < 1.29 is 8.42 Å². The summed E-state index contributed by atoms with van der Waals surface area (Å²) in [7, 11) is -3.34. The number of anilines is 1. The molecule has 2 aromatic rings. The molecule has 1 heterocycles. The van der Waals surface area contributed by atoms with Crippen molar-refractivity contribution in [3.8, 4) is 0 Å². The zero-order valence-electron chi connectivity index (χ0n) is 11.0. The summed E-state index contributed by atoms with van der Waals surface area (Å²) < 4.78 is 25.8. The highest BCUT2D eigenvalue weighted by Crippen LogP contribution is 2.42. The first kappa shape index (κ1) is 13.5. The van der Waals surface area contributed by atoms with Gasteiger partial charge in [-0.3, -0.25) is 4.31 Å². The Bertz CT molecular complexity index is 758. The first-order valence-electron chi connectivity index (χ1n) is 6.29. The molecule has 20 heavy (non-hydrogen) atoms. The second kappa shape index (κ2) is 4.79. The molecule has 0 saturated heterocycles. The second-order valence-corrected chi connectivity index (χ2v) is 7.26. The van der Waals surface area contributed by atoms with Gasteiger partial charge in [-0.1, -0.05) is 41.9 Å². The van der Waals surface area contributed by atoms with Crippen LogP contribution in [0.4, 0.5) is 5.69 Å². The maximum atomic E-state index is 12.2. The third-order valence-corrected chi connectivity index (χ3v) is 4.92. The van der Waals surface area contributed by atoms with E-state index in [1.165, 1.54) is 10.6 Å². The van der Waals surface area contributed by atoms with Crippen molar-refractivity contribution in [1.82, 2.24) is 0 Å². The van der Waals surface area contributed by atoms with E-state index in [1.54, 1.807) is 6.07 Å². The molecule has 104 valence electrons. The lowest BCUT2D eigenvalue weighted by molar-refractivity contribution is 0.588. The van der Waals surface area contributed by atoms with Crippen molar-refractivity contribution in [2.45, 2.75) is 12.5 Å². The van der Waals surface area contributed by atoms with Crippen LogP contribution in [-0.2, 0) is 16.4 Å². The van der Waals surface area contributed by atoms with E-state index in [0.29, 0.717) is 11.4 Å². The lowest BCUT2D eigenvalue weighted by atomic mass is 10.0. The number of sulfonamides is 1. The average molecular weight is 308 g/mol. The Balaban J connectivity index is 2.14. The van der Waals surface area contributed by atoms with Gasteiger partial charge >= 0.3 is 0 Å². The van der Waals surface area contributed by atoms with Crippen LogP contribution in [0.25, 0.3) is 0 Å². The zero-order valence-corrected chi connectivity index (χ0v) is 12.5. The molecule has 0 aliphatic carbocycles. The Labute approximate surface area is 123 Å². The van der Waals surface area contributed by atoms with Crippen LogP contribution in [0.1, 0.15) is 17.2 Å². The minimum atomic E-state index is -3.34. The summed E-state index contributed by atoms with van der Waals surface area (Å²) in [6.45, 7) is 0. The number of rotatable bonds is 2. The molecule has 0 fully saturated rings. The molecular formula is C15H14ClNO2S. The van der Waals surface area contributed by atoms with Crippen molar-refractivity contribution in [1.29, 1.82) is 0 Å². The first-order valence-corrected chi connectivity index (χ1v) is 8.52. The smallest absolute Gasteiger partial charge is 0.232 e. The standard InChI is InChI=1S/C15H14ClNO2S/c1-20(18,19)17-14-8-3-2-5-12(14)10-15(17)11-6-4-7-13(16)9-11/h2-9,15H,10H2,1H3. The van der Waals surface area contributed by atoms with E-state index in [2.05, 4.69) is 0 Å². The summed E-state index contributed by atoms with van der Waals surface area (Å²) in [5, 5.41) is 0.618. The Morgan fingerprint density at radius 3 is 2.60 bits per heavy atom. The minimum absolute atomic E-state index is 0.221.